The van der Waals surface area contributed by atoms with Crippen LogP contribution in [0.4, 0.5) is 0 Å². The van der Waals surface area contributed by atoms with E-state index in [0.29, 0.717) is 23.9 Å². The fourth-order valence-corrected chi connectivity index (χ4v) is 4.19. The van der Waals surface area contributed by atoms with Crippen LogP contribution in [0.5, 0.6) is 0 Å². The van der Waals surface area contributed by atoms with Gasteiger partial charge in [0.25, 0.3) is 5.91 Å². The van der Waals surface area contributed by atoms with Crippen LogP contribution in [0.15, 0.2) is 60.4 Å². The van der Waals surface area contributed by atoms with E-state index in [1.165, 1.54) is 0 Å². The van der Waals surface area contributed by atoms with E-state index in [0.717, 1.165) is 21.8 Å². The van der Waals surface area contributed by atoms with Crippen molar-refractivity contribution in [2.45, 2.75) is 6.04 Å². The van der Waals surface area contributed by atoms with Gasteiger partial charge in [-0.1, -0.05) is 60.1 Å². The summed E-state index contributed by atoms with van der Waals surface area (Å²) < 4.78 is 5.74. The maximum absolute atomic E-state index is 12.9. The van der Waals surface area contributed by atoms with E-state index >= 15 is 0 Å². The van der Waals surface area contributed by atoms with Crippen LogP contribution in [-0.4, -0.2) is 43.8 Å². The molecule has 2 aromatic carbocycles. The predicted molar refractivity (Wildman–Crippen MR) is 120 cm³/mol. The van der Waals surface area contributed by atoms with Gasteiger partial charge in [0.05, 0.1) is 17.6 Å². The Morgan fingerprint density at radius 2 is 1.86 bits per heavy atom. The number of halogens is 2. The molecule has 0 aromatic heterocycles. The SMILES string of the molecule is CN(C)C(CNC(=O)C1=C(c2ccccc2)SCCO1)c1ccccc1Cl.Cl. The van der Waals surface area contributed by atoms with Gasteiger partial charge in [-0.2, -0.15) is 0 Å². The molecule has 4 nitrogen and oxygen atoms in total. The molecule has 1 amide bonds. The van der Waals surface area contributed by atoms with Gasteiger partial charge in [-0.3, -0.25) is 4.79 Å². The molecule has 0 saturated heterocycles. The normalized spacial score (nSPS) is 14.9. The summed E-state index contributed by atoms with van der Waals surface area (Å²) in [6, 6.07) is 17.6. The van der Waals surface area contributed by atoms with Crippen molar-refractivity contribution in [3.8, 4) is 0 Å². The van der Waals surface area contributed by atoms with Gasteiger partial charge >= 0.3 is 0 Å². The first-order valence-corrected chi connectivity index (χ1v) is 10.2. The molecule has 3 rings (SSSR count). The molecule has 0 bridgehead atoms. The number of hydrogen-bond donors (Lipinski definition) is 1. The van der Waals surface area contributed by atoms with Gasteiger partial charge in [0.2, 0.25) is 0 Å². The molecule has 1 N–H and O–H groups in total. The van der Waals surface area contributed by atoms with Crippen LogP contribution in [0, 0.1) is 0 Å². The number of rotatable bonds is 6. The lowest BCUT2D eigenvalue weighted by molar-refractivity contribution is -0.120. The number of carbonyl (C=O) groups is 1. The Kier molecular flexibility index (Phi) is 8.70. The Morgan fingerprint density at radius 3 is 2.54 bits per heavy atom. The van der Waals surface area contributed by atoms with Crippen molar-refractivity contribution in [1.29, 1.82) is 0 Å². The summed E-state index contributed by atoms with van der Waals surface area (Å²) in [6.45, 7) is 0.973. The van der Waals surface area contributed by atoms with E-state index in [1.807, 2.05) is 73.6 Å². The average molecular weight is 439 g/mol. The number of carbonyl (C=O) groups excluding carboxylic acids is 1. The molecule has 0 fully saturated rings. The van der Waals surface area contributed by atoms with E-state index in [1.54, 1.807) is 11.8 Å². The minimum absolute atomic E-state index is 0. The summed E-state index contributed by atoms with van der Waals surface area (Å²) in [5, 5.41) is 3.72. The van der Waals surface area contributed by atoms with Crippen molar-refractivity contribution in [3.05, 3.63) is 76.5 Å². The molecule has 0 saturated carbocycles. The quantitative estimate of drug-likeness (QED) is 0.714. The first-order chi connectivity index (χ1) is 13.1. The molecule has 0 radical (unpaired) electrons. The number of nitrogens with one attached hydrogen (secondary N) is 1. The van der Waals surface area contributed by atoms with Crippen molar-refractivity contribution >= 4 is 46.6 Å². The summed E-state index contributed by atoms with van der Waals surface area (Å²) in [4.78, 5) is 15.8. The number of ether oxygens (including phenoxy) is 1. The van der Waals surface area contributed by atoms with Crippen LogP contribution in [0.1, 0.15) is 17.2 Å². The number of likely N-dealkylation sites (N-methyl/N-ethyl adjacent to an activating group) is 1. The third kappa shape index (κ3) is 5.45. The maximum atomic E-state index is 12.9. The zero-order valence-electron chi connectivity index (χ0n) is 15.9. The van der Waals surface area contributed by atoms with Crippen molar-refractivity contribution < 1.29 is 9.53 Å². The van der Waals surface area contributed by atoms with Gasteiger partial charge < -0.3 is 15.0 Å². The monoisotopic (exact) mass is 438 g/mol. The fraction of sp³-hybridized carbons (Fsp3) is 0.286. The lowest BCUT2D eigenvalue weighted by Crippen LogP contribution is -2.36. The molecule has 1 aliphatic heterocycles. The van der Waals surface area contributed by atoms with Gasteiger partial charge in [-0.05, 0) is 31.3 Å². The van der Waals surface area contributed by atoms with E-state index in [2.05, 4.69) is 5.32 Å². The average Bonchev–Trinajstić information content (AvgIpc) is 2.69. The first-order valence-electron chi connectivity index (χ1n) is 8.82. The third-order valence-electron chi connectivity index (χ3n) is 4.37. The van der Waals surface area contributed by atoms with E-state index in [-0.39, 0.29) is 24.4 Å². The van der Waals surface area contributed by atoms with E-state index < -0.39 is 0 Å². The predicted octanol–water partition coefficient (Wildman–Crippen LogP) is 4.61. The topological polar surface area (TPSA) is 41.6 Å². The Morgan fingerprint density at radius 1 is 1.18 bits per heavy atom. The fourth-order valence-electron chi connectivity index (χ4n) is 2.98. The standard InChI is InChI=1S/C21H23ClN2O2S.ClH/c1-24(2)18(16-10-6-7-11-17(16)22)14-23-21(25)19-20(27-13-12-26-19)15-8-4-3-5-9-15;/h3-11,18H,12-14H2,1-2H3,(H,23,25);1H. The smallest absolute Gasteiger partial charge is 0.287 e. The van der Waals surface area contributed by atoms with Crippen LogP contribution in [0.3, 0.4) is 0 Å². The Labute approximate surface area is 181 Å². The highest BCUT2D eigenvalue weighted by Gasteiger charge is 2.24. The highest BCUT2D eigenvalue weighted by molar-refractivity contribution is 8.08. The second kappa shape index (κ2) is 10.8. The lowest BCUT2D eigenvalue weighted by atomic mass is 10.1. The highest BCUT2D eigenvalue weighted by Crippen LogP contribution is 2.34. The number of hydrogen-bond acceptors (Lipinski definition) is 4. The molecular weight excluding hydrogens is 415 g/mol. The van der Waals surface area contributed by atoms with Crippen LogP contribution in [0.25, 0.3) is 4.91 Å². The van der Waals surface area contributed by atoms with Crippen molar-refractivity contribution in [2.24, 2.45) is 0 Å². The lowest BCUT2D eigenvalue weighted by Gasteiger charge is -2.27. The molecule has 0 aliphatic carbocycles. The summed E-state index contributed by atoms with van der Waals surface area (Å²) in [6.07, 6.45) is 0. The molecule has 28 heavy (non-hydrogen) atoms. The molecule has 1 atom stereocenters. The number of nitrogens with zero attached hydrogens (tertiary/aromatic N) is 1. The number of benzene rings is 2. The Bertz CT molecular complexity index is 828. The highest BCUT2D eigenvalue weighted by atomic mass is 35.5. The largest absolute Gasteiger partial charge is 0.486 e. The third-order valence-corrected chi connectivity index (χ3v) is 5.79. The first kappa shape index (κ1) is 22.6. The molecule has 1 heterocycles. The van der Waals surface area contributed by atoms with Gasteiger partial charge in [-0.15, -0.1) is 24.2 Å². The molecule has 0 spiro atoms. The van der Waals surface area contributed by atoms with Crippen molar-refractivity contribution in [1.82, 2.24) is 10.2 Å². The van der Waals surface area contributed by atoms with Gasteiger partial charge in [0.1, 0.15) is 0 Å². The Balaban J connectivity index is 0.00000280. The minimum Gasteiger partial charge on any atom is -0.486 e. The zero-order valence-corrected chi connectivity index (χ0v) is 18.2. The van der Waals surface area contributed by atoms with Crippen molar-refractivity contribution in [2.75, 3.05) is 33.0 Å². The summed E-state index contributed by atoms with van der Waals surface area (Å²) in [5.74, 6) is 1.04. The van der Waals surface area contributed by atoms with Crippen LogP contribution in [-0.2, 0) is 9.53 Å². The summed E-state index contributed by atoms with van der Waals surface area (Å²) >= 11 is 8.01. The van der Waals surface area contributed by atoms with Crippen LogP contribution >= 0.6 is 35.8 Å². The van der Waals surface area contributed by atoms with Gasteiger partial charge in [0, 0.05) is 17.3 Å². The molecule has 1 unspecified atom stereocenters. The molecular formula is C21H24Cl2N2O2S. The van der Waals surface area contributed by atoms with Crippen LogP contribution < -0.4 is 5.32 Å². The molecule has 1 aliphatic rings. The molecule has 7 heteroatoms. The maximum Gasteiger partial charge on any atom is 0.287 e. The Hall–Kier alpha value is -1.66. The number of thioether (sulfide) groups is 1. The van der Waals surface area contributed by atoms with E-state index in [4.69, 9.17) is 16.3 Å². The number of amides is 1. The minimum atomic E-state index is -0.194. The van der Waals surface area contributed by atoms with E-state index in [9.17, 15) is 4.79 Å². The zero-order chi connectivity index (χ0) is 19.2. The summed E-state index contributed by atoms with van der Waals surface area (Å²) in [5.41, 5.74) is 1.99. The van der Waals surface area contributed by atoms with Crippen LogP contribution in [0.2, 0.25) is 5.02 Å². The van der Waals surface area contributed by atoms with Crippen molar-refractivity contribution in [3.63, 3.8) is 0 Å². The summed E-state index contributed by atoms with van der Waals surface area (Å²) in [7, 11) is 3.95. The van der Waals surface area contributed by atoms with Gasteiger partial charge in [0.15, 0.2) is 5.76 Å². The second-order valence-electron chi connectivity index (χ2n) is 6.43. The molecule has 150 valence electrons. The molecule has 2 aromatic rings. The second-order valence-corrected chi connectivity index (χ2v) is 7.94. The van der Waals surface area contributed by atoms with Gasteiger partial charge in [-0.25, -0.2) is 0 Å².